The second-order valence-corrected chi connectivity index (χ2v) is 7.01. The Morgan fingerprint density at radius 1 is 1.03 bits per heavy atom. The molecule has 1 aliphatic heterocycles. The number of carboxylic acid groups (broad SMARTS) is 1. The number of carbonyl (C=O) groups excluding carboxylic acids is 2. The highest BCUT2D eigenvalue weighted by Crippen LogP contribution is 2.23. The Kier molecular flexibility index (Phi) is 6.79. The molecular formula is C23H24N2O4. The van der Waals surface area contributed by atoms with E-state index in [0.29, 0.717) is 19.4 Å². The van der Waals surface area contributed by atoms with Crippen LogP contribution in [0.5, 0.6) is 0 Å². The van der Waals surface area contributed by atoms with Crippen molar-refractivity contribution < 1.29 is 19.5 Å². The fraction of sp³-hybridized carbons (Fsp3) is 0.261. The van der Waals surface area contributed by atoms with Gasteiger partial charge in [0.2, 0.25) is 5.91 Å². The molecule has 0 saturated carbocycles. The van der Waals surface area contributed by atoms with Crippen molar-refractivity contribution in [3.05, 3.63) is 78.4 Å². The third-order valence-electron chi connectivity index (χ3n) is 4.95. The highest BCUT2D eigenvalue weighted by molar-refractivity contribution is 5.99. The molecule has 1 fully saturated rings. The number of hydrogen-bond donors (Lipinski definition) is 2. The molecule has 2 N–H and O–H groups in total. The Morgan fingerprint density at radius 3 is 2.34 bits per heavy atom. The van der Waals surface area contributed by atoms with Crippen LogP contribution in [-0.2, 0) is 14.4 Å². The molecule has 3 rings (SSSR count). The van der Waals surface area contributed by atoms with E-state index in [-0.39, 0.29) is 18.2 Å². The highest BCUT2D eigenvalue weighted by Gasteiger charge is 2.32. The molecule has 1 amide bonds. The maximum Gasteiger partial charge on any atom is 0.326 e. The number of ketones is 1. The summed E-state index contributed by atoms with van der Waals surface area (Å²) in [7, 11) is 0. The zero-order chi connectivity index (χ0) is 20.6. The van der Waals surface area contributed by atoms with Crippen LogP contribution in [0.4, 0.5) is 5.69 Å². The Hall–Kier alpha value is -3.41. The summed E-state index contributed by atoms with van der Waals surface area (Å²) in [6, 6.07) is 18.2. The van der Waals surface area contributed by atoms with Crippen LogP contribution in [0.25, 0.3) is 0 Å². The first kappa shape index (κ1) is 20.3. The number of carbonyl (C=O) groups is 3. The number of rotatable bonds is 8. The molecule has 150 valence electrons. The van der Waals surface area contributed by atoms with Crippen molar-refractivity contribution in [2.24, 2.45) is 0 Å². The number of nitrogens with one attached hydrogen (secondary N) is 1. The number of likely N-dealkylation sites (tertiary alicyclic amines) is 1. The summed E-state index contributed by atoms with van der Waals surface area (Å²) < 4.78 is 0. The van der Waals surface area contributed by atoms with Crippen LogP contribution in [0.15, 0.2) is 72.8 Å². The van der Waals surface area contributed by atoms with E-state index in [4.69, 9.17) is 0 Å². The number of amides is 1. The molecule has 1 heterocycles. The van der Waals surface area contributed by atoms with Gasteiger partial charge in [0.1, 0.15) is 6.04 Å². The molecule has 29 heavy (non-hydrogen) atoms. The van der Waals surface area contributed by atoms with Crippen molar-refractivity contribution >= 4 is 23.3 Å². The van der Waals surface area contributed by atoms with Crippen LogP contribution < -0.4 is 5.32 Å². The van der Waals surface area contributed by atoms with Gasteiger partial charge in [0.05, 0.1) is 6.04 Å². The number of benzene rings is 2. The second-order valence-electron chi connectivity index (χ2n) is 7.01. The quantitative estimate of drug-likeness (QED) is 0.672. The van der Waals surface area contributed by atoms with Crippen LogP contribution in [0.2, 0.25) is 0 Å². The van der Waals surface area contributed by atoms with Gasteiger partial charge in [-0.2, -0.15) is 0 Å². The SMILES string of the molecule is O=C(C=CC(=O)N1CCC[C@H]1C(=O)O)C[C@H](Nc1ccccc1)c1ccccc1. The Morgan fingerprint density at radius 2 is 1.69 bits per heavy atom. The minimum Gasteiger partial charge on any atom is -0.480 e. The maximum absolute atomic E-state index is 12.5. The van der Waals surface area contributed by atoms with Crippen LogP contribution in [0.1, 0.15) is 30.9 Å². The van der Waals surface area contributed by atoms with Crippen molar-refractivity contribution in [2.45, 2.75) is 31.3 Å². The van der Waals surface area contributed by atoms with Gasteiger partial charge in [0.15, 0.2) is 5.78 Å². The van der Waals surface area contributed by atoms with Gasteiger partial charge in [-0.05, 0) is 36.6 Å². The number of anilines is 1. The summed E-state index contributed by atoms with van der Waals surface area (Å²) in [5.74, 6) is -1.65. The summed E-state index contributed by atoms with van der Waals surface area (Å²) in [6.07, 6.45) is 3.71. The first-order valence-corrected chi connectivity index (χ1v) is 9.65. The minimum absolute atomic E-state index is 0.172. The Balaban J connectivity index is 1.67. The van der Waals surface area contributed by atoms with Crippen molar-refractivity contribution in [3.63, 3.8) is 0 Å². The molecule has 2 atom stereocenters. The van der Waals surface area contributed by atoms with Crippen LogP contribution in [0, 0.1) is 0 Å². The van der Waals surface area contributed by atoms with Gasteiger partial charge < -0.3 is 15.3 Å². The number of nitrogens with zero attached hydrogens (tertiary/aromatic N) is 1. The summed E-state index contributed by atoms with van der Waals surface area (Å²) in [5.41, 5.74) is 1.87. The van der Waals surface area contributed by atoms with Gasteiger partial charge in [-0.1, -0.05) is 48.5 Å². The largest absolute Gasteiger partial charge is 0.480 e. The van der Waals surface area contributed by atoms with E-state index in [1.807, 2.05) is 60.7 Å². The molecule has 6 nitrogen and oxygen atoms in total. The van der Waals surface area contributed by atoms with E-state index >= 15 is 0 Å². The molecule has 6 heteroatoms. The molecule has 0 spiro atoms. The molecule has 0 unspecified atom stereocenters. The fourth-order valence-electron chi connectivity index (χ4n) is 3.49. The first-order valence-electron chi connectivity index (χ1n) is 9.65. The smallest absolute Gasteiger partial charge is 0.326 e. The summed E-state index contributed by atoms with van der Waals surface area (Å²) in [6.45, 7) is 0.399. The topological polar surface area (TPSA) is 86.7 Å². The van der Waals surface area contributed by atoms with E-state index in [9.17, 15) is 19.5 Å². The standard InChI is InChI=1S/C23H24N2O4/c26-19(13-14-22(27)25-15-7-12-21(25)23(28)29)16-20(17-8-3-1-4-9-17)24-18-10-5-2-6-11-18/h1-6,8-11,13-14,20-21,24H,7,12,15-16H2,(H,28,29)/t20-,21-/m0/s1. The van der Waals surface area contributed by atoms with Crippen molar-refractivity contribution in [1.29, 1.82) is 0 Å². The zero-order valence-corrected chi connectivity index (χ0v) is 16.0. The van der Waals surface area contributed by atoms with E-state index in [0.717, 1.165) is 11.3 Å². The van der Waals surface area contributed by atoms with Crippen molar-refractivity contribution in [1.82, 2.24) is 4.90 Å². The zero-order valence-electron chi connectivity index (χ0n) is 16.0. The third kappa shape index (κ3) is 5.54. The molecule has 1 aliphatic rings. The Labute approximate surface area is 169 Å². The number of para-hydroxylation sites is 1. The lowest BCUT2D eigenvalue weighted by Gasteiger charge is -2.20. The van der Waals surface area contributed by atoms with Gasteiger partial charge in [-0.3, -0.25) is 9.59 Å². The molecular weight excluding hydrogens is 368 g/mol. The molecule has 0 aliphatic carbocycles. The van der Waals surface area contributed by atoms with Crippen LogP contribution in [0.3, 0.4) is 0 Å². The average Bonchev–Trinajstić information content (AvgIpc) is 3.23. The fourth-order valence-corrected chi connectivity index (χ4v) is 3.49. The molecule has 0 bridgehead atoms. The molecule has 0 aromatic heterocycles. The average molecular weight is 392 g/mol. The van der Waals surface area contributed by atoms with E-state index in [1.54, 1.807) is 0 Å². The minimum atomic E-state index is -1.01. The van der Waals surface area contributed by atoms with E-state index < -0.39 is 17.9 Å². The van der Waals surface area contributed by atoms with Gasteiger partial charge >= 0.3 is 5.97 Å². The summed E-state index contributed by atoms with van der Waals surface area (Å²) >= 11 is 0. The Bertz CT molecular complexity index is 880. The first-order chi connectivity index (χ1) is 14.0. The summed E-state index contributed by atoms with van der Waals surface area (Å²) in [4.78, 5) is 37.4. The van der Waals surface area contributed by atoms with Gasteiger partial charge in [0.25, 0.3) is 0 Å². The predicted molar refractivity (Wildman–Crippen MR) is 110 cm³/mol. The number of aliphatic carboxylic acids is 1. The molecule has 1 saturated heterocycles. The van der Waals surface area contributed by atoms with Gasteiger partial charge in [-0.15, -0.1) is 0 Å². The highest BCUT2D eigenvalue weighted by atomic mass is 16.4. The van der Waals surface area contributed by atoms with Crippen LogP contribution in [-0.4, -0.2) is 40.3 Å². The third-order valence-corrected chi connectivity index (χ3v) is 4.95. The lowest BCUT2D eigenvalue weighted by Crippen LogP contribution is -2.39. The lowest BCUT2D eigenvalue weighted by atomic mass is 10.0. The molecule has 0 radical (unpaired) electrons. The number of hydrogen-bond acceptors (Lipinski definition) is 4. The van der Waals surface area contributed by atoms with Crippen LogP contribution >= 0.6 is 0 Å². The maximum atomic E-state index is 12.5. The van der Waals surface area contributed by atoms with Crippen molar-refractivity contribution in [2.75, 3.05) is 11.9 Å². The van der Waals surface area contributed by atoms with Crippen molar-refractivity contribution in [3.8, 4) is 0 Å². The van der Waals surface area contributed by atoms with Gasteiger partial charge in [0, 0.05) is 24.7 Å². The second kappa shape index (κ2) is 9.68. The molecule has 2 aromatic carbocycles. The molecule has 2 aromatic rings. The lowest BCUT2D eigenvalue weighted by molar-refractivity contribution is -0.146. The number of carboxylic acids is 1. The van der Waals surface area contributed by atoms with E-state index in [2.05, 4.69) is 5.32 Å². The monoisotopic (exact) mass is 392 g/mol. The van der Waals surface area contributed by atoms with Gasteiger partial charge in [-0.25, -0.2) is 4.79 Å². The van der Waals surface area contributed by atoms with E-state index in [1.165, 1.54) is 17.1 Å². The predicted octanol–water partition coefficient (Wildman–Crippen LogP) is 3.43. The number of allylic oxidation sites excluding steroid dienone is 1. The summed E-state index contributed by atoms with van der Waals surface area (Å²) in [5, 5.41) is 12.6. The normalized spacial score (nSPS) is 17.2.